The van der Waals surface area contributed by atoms with Gasteiger partial charge in [-0.1, -0.05) is 6.92 Å². The largest absolute Gasteiger partial charge is 0.421 e. The highest BCUT2D eigenvalue weighted by Crippen LogP contribution is 2.19. The Morgan fingerprint density at radius 1 is 1.45 bits per heavy atom. The number of nitrogens with zero attached hydrogens (tertiary/aromatic N) is 1. The molecule has 0 heterocycles. The Balaban J connectivity index is 4.23. The molecule has 68 valence electrons. The SMILES string of the molecule is CCC(N(C)C)C(C)(C)O[SiH3]. The van der Waals surface area contributed by atoms with Crippen LogP contribution in [0.15, 0.2) is 0 Å². The normalized spacial score (nSPS) is 15.8. The first kappa shape index (κ1) is 11.1. The Morgan fingerprint density at radius 3 is 2.00 bits per heavy atom. The molecular weight excluding hydrogens is 154 g/mol. The summed E-state index contributed by atoms with van der Waals surface area (Å²) in [5.74, 6) is 0. The van der Waals surface area contributed by atoms with Crippen LogP contribution in [0.2, 0.25) is 0 Å². The molecule has 0 aliphatic rings. The molecule has 0 saturated carbocycles. The second-order valence-corrected chi connectivity index (χ2v) is 4.10. The van der Waals surface area contributed by atoms with Gasteiger partial charge in [0, 0.05) is 6.04 Å². The third-order valence-corrected chi connectivity index (χ3v) is 3.39. The maximum absolute atomic E-state index is 5.55. The molecule has 0 aromatic rings. The number of likely N-dealkylation sites (N-methyl/N-ethyl adjacent to an activating group) is 1. The van der Waals surface area contributed by atoms with Crippen LogP contribution in [-0.4, -0.2) is 41.1 Å². The Labute approximate surface area is 73.5 Å². The molecule has 0 aromatic carbocycles. The highest BCUT2D eigenvalue weighted by molar-refractivity contribution is 5.98. The summed E-state index contributed by atoms with van der Waals surface area (Å²) >= 11 is 0. The molecule has 0 spiro atoms. The fraction of sp³-hybridized carbons (Fsp3) is 1.00. The van der Waals surface area contributed by atoms with Gasteiger partial charge in [0.2, 0.25) is 0 Å². The van der Waals surface area contributed by atoms with Gasteiger partial charge >= 0.3 is 0 Å². The molecule has 0 saturated heterocycles. The minimum atomic E-state index is 0.0183. The lowest BCUT2D eigenvalue weighted by Gasteiger charge is -2.37. The zero-order chi connectivity index (χ0) is 9.07. The number of rotatable bonds is 4. The van der Waals surface area contributed by atoms with Crippen molar-refractivity contribution < 1.29 is 4.43 Å². The van der Waals surface area contributed by atoms with Crippen molar-refractivity contribution in [3.8, 4) is 0 Å². The van der Waals surface area contributed by atoms with Crippen molar-refractivity contribution in [2.45, 2.75) is 38.8 Å². The van der Waals surface area contributed by atoms with Gasteiger partial charge in [-0.05, 0) is 34.4 Å². The highest BCUT2D eigenvalue weighted by atomic mass is 28.2. The lowest BCUT2D eigenvalue weighted by atomic mass is 9.96. The second-order valence-electron chi connectivity index (χ2n) is 3.70. The molecule has 0 aliphatic heterocycles. The molecule has 1 unspecified atom stereocenters. The topological polar surface area (TPSA) is 12.5 Å². The summed E-state index contributed by atoms with van der Waals surface area (Å²) in [4.78, 5) is 2.23. The van der Waals surface area contributed by atoms with Crippen molar-refractivity contribution in [2.75, 3.05) is 14.1 Å². The van der Waals surface area contributed by atoms with Gasteiger partial charge < -0.3 is 9.33 Å². The van der Waals surface area contributed by atoms with E-state index in [4.69, 9.17) is 4.43 Å². The van der Waals surface area contributed by atoms with Crippen LogP contribution in [0.5, 0.6) is 0 Å². The van der Waals surface area contributed by atoms with Crippen LogP contribution in [0.4, 0.5) is 0 Å². The van der Waals surface area contributed by atoms with Crippen molar-refractivity contribution in [1.82, 2.24) is 4.90 Å². The Bertz CT molecular complexity index is 115. The van der Waals surface area contributed by atoms with E-state index < -0.39 is 0 Å². The van der Waals surface area contributed by atoms with Gasteiger partial charge in [-0.2, -0.15) is 0 Å². The van der Waals surface area contributed by atoms with E-state index in [0.717, 1.165) is 16.9 Å². The smallest absolute Gasteiger partial charge is 0.146 e. The molecular formula is C8H21NOSi. The fourth-order valence-electron chi connectivity index (χ4n) is 1.61. The first-order chi connectivity index (χ1) is 4.95. The molecule has 11 heavy (non-hydrogen) atoms. The average molecular weight is 175 g/mol. The van der Waals surface area contributed by atoms with Gasteiger partial charge in [0.25, 0.3) is 0 Å². The van der Waals surface area contributed by atoms with E-state index in [-0.39, 0.29) is 5.60 Å². The summed E-state index contributed by atoms with van der Waals surface area (Å²) in [5.41, 5.74) is 0.0183. The predicted molar refractivity (Wildman–Crippen MR) is 52.9 cm³/mol. The van der Waals surface area contributed by atoms with Crippen molar-refractivity contribution in [2.24, 2.45) is 0 Å². The van der Waals surface area contributed by atoms with Gasteiger partial charge in [0.1, 0.15) is 10.5 Å². The van der Waals surface area contributed by atoms with E-state index in [1.54, 1.807) is 0 Å². The molecule has 0 bridgehead atoms. The Hall–Kier alpha value is 0.137. The molecule has 0 rings (SSSR count). The van der Waals surface area contributed by atoms with Crippen LogP contribution in [-0.2, 0) is 4.43 Å². The molecule has 3 heteroatoms. The predicted octanol–water partition coefficient (Wildman–Crippen LogP) is 0.402. The summed E-state index contributed by atoms with van der Waals surface area (Å²) < 4.78 is 5.55. The molecule has 1 atom stereocenters. The van der Waals surface area contributed by atoms with Crippen LogP contribution in [0.3, 0.4) is 0 Å². The maximum atomic E-state index is 5.55. The third-order valence-electron chi connectivity index (χ3n) is 2.34. The van der Waals surface area contributed by atoms with Crippen LogP contribution in [0, 0.1) is 0 Å². The first-order valence-corrected chi connectivity index (χ1v) is 4.99. The minimum absolute atomic E-state index is 0.0183. The molecule has 0 N–H and O–H groups in total. The molecule has 0 aromatic heterocycles. The molecule has 0 aliphatic carbocycles. The van der Waals surface area contributed by atoms with E-state index in [9.17, 15) is 0 Å². The minimum Gasteiger partial charge on any atom is -0.421 e. The third kappa shape index (κ3) is 2.93. The monoisotopic (exact) mass is 175 g/mol. The first-order valence-electron chi connectivity index (χ1n) is 4.17. The van der Waals surface area contributed by atoms with Crippen LogP contribution in [0.1, 0.15) is 27.2 Å². The molecule has 0 radical (unpaired) electrons. The van der Waals surface area contributed by atoms with Gasteiger partial charge in [0.15, 0.2) is 0 Å². The van der Waals surface area contributed by atoms with Gasteiger partial charge in [-0.25, -0.2) is 0 Å². The average Bonchev–Trinajstić information content (AvgIpc) is 1.88. The lowest BCUT2D eigenvalue weighted by Crippen LogP contribution is -2.47. The standard InChI is InChI=1S/C8H21NOSi/c1-6-7(9(4)5)8(2,3)10-11/h7H,6H2,1-5,11H3. The summed E-state index contributed by atoms with van der Waals surface area (Å²) in [7, 11) is 5.03. The summed E-state index contributed by atoms with van der Waals surface area (Å²) in [6, 6.07) is 0.528. The van der Waals surface area contributed by atoms with E-state index in [2.05, 4.69) is 39.8 Å². The second kappa shape index (κ2) is 4.23. The number of hydrogen-bond donors (Lipinski definition) is 0. The highest BCUT2D eigenvalue weighted by Gasteiger charge is 2.28. The zero-order valence-electron chi connectivity index (χ0n) is 8.64. The molecule has 0 amide bonds. The van der Waals surface area contributed by atoms with Crippen molar-refractivity contribution >= 4 is 10.5 Å². The molecule has 0 fully saturated rings. The van der Waals surface area contributed by atoms with Gasteiger partial charge in [-0.3, -0.25) is 0 Å². The van der Waals surface area contributed by atoms with Gasteiger partial charge in [0.05, 0.1) is 5.60 Å². The number of hydrogen-bond acceptors (Lipinski definition) is 2. The van der Waals surface area contributed by atoms with Gasteiger partial charge in [-0.15, -0.1) is 0 Å². The maximum Gasteiger partial charge on any atom is 0.146 e. The van der Waals surface area contributed by atoms with E-state index in [1.165, 1.54) is 0 Å². The Kier molecular flexibility index (Phi) is 4.29. The van der Waals surface area contributed by atoms with E-state index >= 15 is 0 Å². The van der Waals surface area contributed by atoms with Crippen molar-refractivity contribution in [1.29, 1.82) is 0 Å². The Morgan fingerprint density at radius 2 is 1.91 bits per heavy atom. The van der Waals surface area contributed by atoms with E-state index in [0.29, 0.717) is 6.04 Å². The van der Waals surface area contributed by atoms with Crippen LogP contribution in [0.25, 0.3) is 0 Å². The quantitative estimate of drug-likeness (QED) is 0.574. The molecule has 2 nitrogen and oxygen atoms in total. The van der Waals surface area contributed by atoms with Crippen molar-refractivity contribution in [3.63, 3.8) is 0 Å². The van der Waals surface area contributed by atoms with Crippen LogP contribution >= 0.6 is 0 Å². The zero-order valence-corrected chi connectivity index (χ0v) is 10.6. The fourth-order valence-corrected chi connectivity index (χ4v) is 1.89. The summed E-state index contributed by atoms with van der Waals surface area (Å²) in [5, 5.41) is 0. The summed E-state index contributed by atoms with van der Waals surface area (Å²) in [6.45, 7) is 6.52. The van der Waals surface area contributed by atoms with Crippen molar-refractivity contribution in [3.05, 3.63) is 0 Å². The lowest BCUT2D eigenvalue weighted by molar-refractivity contribution is 0.0263. The van der Waals surface area contributed by atoms with Crippen LogP contribution < -0.4 is 0 Å². The van der Waals surface area contributed by atoms with E-state index in [1.807, 2.05) is 0 Å². The summed E-state index contributed by atoms with van der Waals surface area (Å²) in [6.07, 6.45) is 1.14.